The van der Waals surface area contributed by atoms with Gasteiger partial charge in [0.05, 0.1) is 12.2 Å². The van der Waals surface area contributed by atoms with Crippen molar-refractivity contribution < 1.29 is 14.4 Å². The molecule has 1 unspecified atom stereocenters. The quantitative estimate of drug-likeness (QED) is 0.721. The number of amides is 3. The van der Waals surface area contributed by atoms with Crippen molar-refractivity contribution in [3.05, 3.63) is 43.0 Å². The van der Waals surface area contributed by atoms with Crippen LogP contribution in [-0.4, -0.2) is 40.4 Å². The number of anilines is 2. The smallest absolute Gasteiger partial charge is 0.227 e. The van der Waals surface area contributed by atoms with E-state index in [1.807, 2.05) is 10.8 Å². The molecule has 1 aromatic heterocycles. The second-order valence-corrected chi connectivity index (χ2v) is 6.58. The van der Waals surface area contributed by atoms with Crippen molar-refractivity contribution in [1.29, 1.82) is 0 Å². The maximum atomic E-state index is 12.3. The van der Waals surface area contributed by atoms with E-state index < -0.39 is 0 Å². The van der Waals surface area contributed by atoms with Gasteiger partial charge in [-0.1, -0.05) is 0 Å². The molecule has 142 valence electrons. The standard InChI is InChI=1S/C19H23N5O3/c1-14(25)22-16-3-5-17(6-4-16)24-12-15(11-18(24)26)19(27)21-7-2-9-23-10-8-20-13-23/h3-6,8,10,13,15H,2,7,9,11-12H2,1H3,(H,21,27)(H,22,25). The average Bonchev–Trinajstić information content (AvgIpc) is 3.28. The number of hydrogen-bond acceptors (Lipinski definition) is 4. The minimum Gasteiger partial charge on any atom is -0.356 e. The number of imidazole rings is 1. The van der Waals surface area contributed by atoms with Crippen LogP contribution in [0.3, 0.4) is 0 Å². The maximum Gasteiger partial charge on any atom is 0.227 e. The molecule has 1 aliphatic rings. The minimum absolute atomic E-state index is 0.0687. The number of nitrogens with one attached hydrogen (secondary N) is 2. The molecule has 3 amide bonds. The molecule has 0 radical (unpaired) electrons. The lowest BCUT2D eigenvalue weighted by Gasteiger charge is -2.17. The predicted octanol–water partition coefficient (Wildman–Crippen LogP) is 1.40. The van der Waals surface area contributed by atoms with Gasteiger partial charge in [-0.2, -0.15) is 0 Å². The Morgan fingerprint density at radius 1 is 1.26 bits per heavy atom. The zero-order valence-electron chi connectivity index (χ0n) is 15.2. The Morgan fingerprint density at radius 2 is 2.04 bits per heavy atom. The van der Waals surface area contributed by atoms with Crippen LogP contribution in [-0.2, 0) is 20.9 Å². The molecule has 1 aromatic carbocycles. The van der Waals surface area contributed by atoms with E-state index >= 15 is 0 Å². The summed E-state index contributed by atoms with van der Waals surface area (Å²) in [6.45, 7) is 3.16. The largest absolute Gasteiger partial charge is 0.356 e. The minimum atomic E-state index is -0.347. The van der Waals surface area contributed by atoms with E-state index in [-0.39, 0.29) is 30.1 Å². The lowest BCUT2D eigenvalue weighted by atomic mass is 10.1. The molecule has 27 heavy (non-hydrogen) atoms. The molecule has 1 saturated heterocycles. The van der Waals surface area contributed by atoms with Crippen molar-refractivity contribution >= 4 is 29.1 Å². The Balaban J connectivity index is 1.48. The number of nitrogens with zero attached hydrogens (tertiary/aromatic N) is 3. The Kier molecular flexibility index (Phi) is 5.85. The van der Waals surface area contributed by atoms with Gasteiger partial charge in [-0.05, 0) is 30.7 Å². The van der Waals surface area contributed by atoms with Crippen molar-refractivity contribution in [2.75, 3.05) is 23.3 Å². The van der Waals surface area contributed by atoms with Crippen LogP contribution in [0.2, 0.25) is 0 Å². The summed E-state index contributed by atoms with van der Waals surface area (Å²) in [5.74, 6) is -0.655. The van der Waals surface area contributed by atoms with Crippen molar-refractivity contribution in [3.8, 4) is 0 Å². The highest BCUT2D eigenvalue weighted by Gasteiger charge is 2.34. The summed E-state index contributed by atoms with van der Waals surface area (Å²) < 4.78 is 1.96. The van der Waals surface area contributed by atoms with Crippen LogP contribution < -0.4 is 15.5 Å². The third kappa shape index (κ3) is 4.93. The van der Waals surface area contributed by atoms with E-state index in [4.69, 9.17) is 0 Å². The summed E-state index contributed by atoms with van der Waals surface area (Å²) in [7, 11) is 0. The molecule has 2 heterocycles. The number of aryl methyl sites for hydroxylation is 1. The topological polar surface area (TPSA) is 96.3 Å². The summed E-state index contributed by atoms with van der Waals surface area (Å²) in [5, 5.41) is 5.60. The molecule has 1 atom stereocenters. The Labute approximate surface area is 157 Å². The first-order valence-electron chi connectivity index (χ1n) is 8.94. The van der Waals surface area contributed by atoms with E-state index in [2.05, 4.69) is 15.6 Å². The normalized spacial score (nSPS) is 16.4. The lowest BCUT2D eigenvalue weighted by Crippen LogP contribution is -2.33. The number of aromatic nitrogens is 2. The lowest BCUT2D eigenvalue weighted by molar-refractivity contribution is -0.126. The summed E-state index contributed by atoms with van der Waals surface area (Å²) in [4.78, 5) is 41.3. The van der Waals surface area contributed by atoms with E-state index in [9.17, 15) is 14.4 Å². The van der Waals surface area contributed by atoms with Crippen molar-refractivity contribution in [1.82, 2.24) is 14.9 Å². The van der Waals surface area contributed by atoms with E-state index in [0.717, 1.165) is 18.7 Å². The van der Waals surface area contributed by atoms with Gasteiger partial charge in [0, 0.05) is 56.7 Å². The highest BCUT2D eigenvalue weighted by molar-refractivity contribution is 6.00. The molecule has 0 saturated carbocycles. The number of rotatable bonds is 7. The number of carbonyl (C=O) groups is 3. The Hall–Kier alpha value is -3.16. The molecule has 2 N–H and O–H groups in total. The molecule has 1 aliphatic heterocycles. The van der Waals surface area contributed by atoms with Gasteiger partial charge in [-0.25, -0.2) is 4.98 Å². The highest BCUT2D eigenvalue weighted by atomic mass is 16.2. The number of hydrogen-bond donors (Lipinski definition) is 2. The van der Waals surface area contributed by atoms with Gasteiger partial charge in [-0.15, -0.1) is 0 Å². The summed E-state index contributed by atoms with van der Waals surface area (Å²) in [6, 6.07) is 7.03. The molecule has 1 fully saturated rings. The highest BCUT2D eigenvalue weighted by Crippen LogP contribution is 2.26. The van der Waals surface area contributed by atoms with Gasteiger partial charge in [0.2, 0.25) is 17.7 Å². The number of carbonyl (C=O) groups excluding carboxylic acids is 3. The zero-order valence-corrected chi connectivity index (χ0v) is 15.2. The number of benzene rings is 1. The fourth-order valence-electron chi connectivity index (χ4n) is 3.10. The van der Waals surface area contributed by atoms with E-state index in [1.165, 1.54) is 6.92 Å². The van der Waals surface area contributed by atoms with Gasteiger partial charge in [0.1, 0.15) is 0 Å². The fourth-order valence-corrected chi connectivity index (χ4v) is 3.10. The van der Waals surface area contributed by atoms with Crippen LogP contribution in [0.4, 0.5) is 11.4 Å². The van der Waals surface area contributed by atoms with Gasteiger partial charge in [0.25, 0.3) is 0 Å². The summed E-state index contributed by atoms with van der Waals surface area (Å²) in [6.07, 6.45) is 6.36. The first-order valence-corrected chi connectivity index (χ1v) is 8.94. The second-order valence-electron chi connectivity index (χ2n) is 6.58. The average molecular weight is 369 g/mol. The third-order valence-electron chi connectivity index (χ3n) is 4.45. The molecule has 8 nitrogen and oxygen atoms in total. The first kappa shape index (κ1) is 18.6. The van der Waals surface area contributed by atoms with Crippen LogP contribution in [0.25, 0.3) is 0 Å². The molecule has 2 aromatic rings. The molecule has 3 rings (SSSR count). The molecule has 8 heteroatoms. The predicted molar refractivity (Wildman–Crippen MR) is 101 cm³/mol. The monoisotopic (exact) mass is 369 g/mol. The van der Waals surface area contributed by atoms with E-state index in [1.54, 1.807) is 41.7 Å². The van der Waals surface area contributed by atoms with Gasteiger partial charge in [0.15, 0.2) is 0 Å². The second kappa shape index (κ2) is 8.48. The van der Waals surface area contributed by atoms with Crippen LogP contribution in [0.15, 0.2) is 43.0 Å². The van der Waals surface area contributed by atoms with Crippen LogP contribution in [0.5, 0.6) is 0 Å². The van der Waals surface area contributed by atoms with Gasteiger partial charge < -0.3 is 20.1 Å². The fraction of sp³-hybridized carbons (Fsp3) is 0.368. The maximum absolute atomic E-state index is 12.3. The molecule has 0 bridgehead atoms. The molecule has 0 aliphatic carbocycles. The SMILES string of the molecule is CC(=O)Nc1ccc(N2CC(C(=O)NCCCn3ccnc3)CC2=O)cc1. The summed E-state index contributed by atoms with van der Waals surface area (Å²) in [5.41, 5.74) is 1.40. The zero-order chi connectivity index (χ0) is 19.2. The summed E-state index contributed by atoms with van der Waals surface area (Å²) >= 11 is 0. The van der Waals surface area contributed by atoms with Crippen molar-refractivity contribution in [2.24, 2.45) is 5.92 Å². The Morgan fingerprint density at radius 3 is 2.70 bits per heavy atom. The molecular weight excluding hydrogens is 346 g/mol. The van der Waals surface area contributed by atoms with Crippen LogP contribution in [0, 0.1) is 5.92 Å². The van der Waals surface area contributed by atoms with Crippen LogP contribution in [0.1, 0.15) is 19.8 Å². The van der Waals surface area contributed by atoms with Gasteiger partial charge in [-0.3, -0.25) is 14.4 Å². The molecular formula is C19H23N5O3. The van der Waals surface area contributed by atoms with E-state index in [0.29, 0.717) is 18.8 Å². The van der Waals surface area contributed by atoms with Crippen LogP contribution >= 0.6 is 0 Å². The Bertz CT molecular complexity index is 801. The van der Waals surface area contributed by atoms with Crippen molar-refractivity contribution in [3.63, 3.8) is 0 Å². The van der Waals surface area contributed by atoms with Crippen molar-refractivity contribution in [2.45, 2.75) is 26.3 Å². The molecule has 0 spiro atoms. The first-order chi connectivity index (χ1) is 13.0. The third-order valence-corrected chi connectivity index (χ3v) is 4.45. The van der Waals surface area contributed by atoms with Gasteiger partial charge >= 0.3 is 0 Å².